The Bertz CT molecular complexity index is 613. The van der Waals surface area contributed by atoms with Crippen LogP contribution in [0.4, 0.5) is 5.82 Å². The first-order valence-corrected chi connectivity index (χ1v) is 7.08. The third kappa shape index (κ3) is 3.09. The molecule has 0 aliphatic carbocycles. The molecular formula is C17H21N3. The molecule has 0 saturated carbocycles. The first-order chi connectivity index (χ1) is 9.80. The standard InChI is InChI=1S/C17H21N3/c1-4-11-20(6-3)17-12-14(13-18-5-2)15-9-7-8-10-16(15)19-17/h1,7-10,12,18H,5-6,11,13H2,2-3H3. The monoisotopic (exact) mass is 267 g/mol. The lowest BCUT2D eigenvalue weighted by atomic mass is 10.1. The number of hydrogen-bond acceptors (Lipinski definition) is 3. The number of benzene rings is 1. The molecule has 1 aromatic heterocycles. The minimum atomic E-state index is 0.586. The average Bonchev–Trinajstić information content (AvgIpc) is 2.50. The van der Waals surface area contributed by atoms with Gasteiger partial charge in [0.05, 0.1) is 12.1 Å². The predicted octanol–water partition coefficient (Wildman–Crippen LogP) is 2.80. The van der Waals surface area contributed by atoms with Crippen LogP contribution in [0.25, 0.3) is 10.9 Å². The lowest BCUT2D eigenvalue weighted by Crippen LogP contribution is -2.24. The molecule has 2 aromatic rings. The highest BCUT2D eigenvalue weighted by Gasteiger charge is 2.09. The molecule has 0 fully saturated rings. The third-order valence-corrected chi connectivity index (χ3v) is 3.34. The molecule has 20 heavy (non-hydrogen) atoms. The molecule has 0 spiro atoms. The number of rotatable bonds is 6. The van der Waals surface area contributed by atoms with Crippen molar-refractivity contribution in [1.29, 1.82) is 0 Å². The molecule has 0 bridgehead atoms. The topological polar surface area (TPSA) is 28.2 Å². The summed E-state index contributed by atoms with van der Waals surface area (Å²) in [7, 11) is 0. The number of nitrogens with one attached hydrogen (secondary N) is 1. The molecule has 1 aromatic carbocycles. The molecule has 0 unspecified atom stereocenters. The largest absolute Gasteiger partial charge is 0.346 e. The van der Waals surface area contributed by atoms with Crippen molar-refractivity contribution in [3.05, 3.63) is 35.9 Å². The minimum Gasteiger partial charge on any atom is -0.346 e. The van der Waals surface area contributed by atoms with E-state index in [-0.39, 0.29) is 0 Å². The fourth-order valence-corrected chi connectivity index (χ4v) is 2.26. The first kappa shape index (κ1) is 14.4. The molecule has 3 nitrogen and oxygen atoms in total. The first-order valence-electron chi connectivity index (χ1n) is 7.08. The van der Waals surface area contributed by atoms with Gasteiger partial charge in [-0.2, -0.15) is 0 Å². The summed E-state index contributed by atoms with van der Waals surface area (Å²) in [5, 5.41) is 4.59. The van der Waals surface area contributed by atoms with Gasteiger partial charge < -0.3 is 10.2 Å². The normalized spacial score (nSPS) is 10.4. The van der Waals surface area contributed by atoms with Crippen molar-refractivity contribution in [3.8, 4) is 12.3 Å². The minimum absolute atomic E-state index is 0.586. The Morgan fingerprint density at radius 3 is 2.80 bits per heavy atom. The maximum Gasteiger partial charge on any atom is 0.130 e. The maximum absolute atomic E-state index is 5.44. The van der Waals surface area contributed by atoms with Gasteiger partial charge in [0.2, 0.25) is 0 Å². The molecular weight excluding hydrogens is 246 g/mol. The smallest absolute Gasteiger partial charge is 0.130 e. The summed E-state index contributed by atoms with van der Waals surface area (Å²) < 4.78 is 0. The predicted molar refractivity (Wildman–Crippen MR) is 85.8 cm³/mol. The number of para-hydroxylation sites is 1. The van der Waals surface area contributed by atoms with Crippen LogP contribution in [-0.4, -0.2) is 24.6 Å². The van der Waals surface area contributed by atoms with Crippen molar-refractivity contribution in [1.82, 2.24) is 10.3 Å². The summed E-state index contributed by atoms with van der Waals surface area (Å²) in [5.41, 5.74) is 2.29. The Morgan fingerprint density at radius 1 is 1.30 bits per heavy atom. The molecule has 3 heteroatoms. The number of terminal acetylenes is 1. The molecule has 1 N–H and O–H groups in total. The summed E-state index contributed by atoms with van der Waals surface area (Å²) in [5.74, 6) is 3.65. The van der Waals surface area contributed by atoms with E-state index < -0.39 is 0 Å². The van der Waals surface area contributed by atoms with Gasteiger partial charge in [-0.05, 0) is 31.2 Å². The van der Waals surface area contributed by atoms with Crippen molar-refractivity contribution in [2.45, 2.75) is 20.4 Å². The highest BCUT2D eigenvalue weighted by molar-refractivity contribution is 5.84. The summed E-state index contributed by atoms with van der Waals surface area (Å²) in [6, 6.07) is 10.4. The van der Waals surface area contributed by atoms with Crippen molar-refractivity contribution < 1.29 is 0 Å². The van der Waals surface area contributed by atoms with Gasteiger partial charge in [-0.3, -0.25) is 0 Å². The van der Waals surface area contributed by atoms with Crippen LogP contribution >= 0.6 is 0 Å². The summed E-state index contributed by atoms with van der Waals surface area (Å²) in [6.45, 7) is 7.45. The van der Waals surface area contributed by atoms with Crippen molar-refractivity contribution >= 4 is 16.7 Å². The van der Waals surface area contributed by atoms with Crippen molar-refractivity contribution in [2.24, 2.45) is 0 Å². The number of hydrogen-bond donors (Lipinski definition) is 1. The molecule has 0 aliphatic heterocycles. The van der Waals surface area contributed by atoms with Crippen LogP contribution in [0.3, 0.4) is 0 Å². The molecule has 0 amide bonds. The quantitative estimate of drug-likeness (QED) is 0.816. The van der Waals surface area contributed by atoms with E-state index in [0.29, 0.717) is 6.54 Å². The van der Waals surface area contributed by atoms with Crippen LogP contribution in [0, 0.1) is 12.3 Å². The second-order valence-electron chi connectivity index (χ2n) is 4.66. The van der Waals surface area contributed by atoms with Gasteiger partial charge in [0.15, 0.2) is 0 Å². The second kappa shape index (κ2) is 6.93. The summed E-state index contributed by atoms with van der Waals surface area (Å²) in [6.07, 6.45) is 5.44. The van der Waals surface area contributed by atoms with E-state index in [0.717, 1.165) is 31.0 Å². The molecule has 2 rings (SSSR count). The van der Waals surface area contributed by atoms with Crippen LogP contribution in [0.5, 0.6) is 0 Å². The fraction of sp³-hybridized carbons (Fsp3) is 0.353. The average molecular weight is 267 g/mol. The number of aromatic nitrogens is 1. The Morgan fingerprint density at radius 2 is 2.10 bits per heavy atom. The molecule has 0 radical (unpaired) electrons. The van der Waals surface area contributed by atoms with Gasteiger partial charge in [0.25, 0.3) is 0 Å². The number of fused-ring (bicyclic) bond motifs is 1. The molecule has 0 saturated heterocycles. The van der Waals surface area contributed by atoms with Gasteiger partial charge in [-0.15, -0.1) is 6.42 Å². The number of anilines is 1. The van der Waals surface area contributed by atoms with Crippen molar-refractivity contribution in [2.75, 3.05) is 24.5 Å². The lowest BCUT2D eigenvalue weighted by Gasteiger charge is -2.21. The van der Waals surface area contributed by atoms with E-state index in [2.05, 4.69) is 54.3 Å². The second-order valence-corrected chi connectivity index (χ2v) is 4.66. The van der Waals surface area contributed by atoms with E-state index in [4.69, 9.17) is 11.4 Å². The van der Waals surface area contributed by atoms with E-state index >= 15 is 0 Å². The molecule has 0 atom stereocenters. The zero-order chi connectivity index (χ0) is 14.4. The molecule has 1 heterocycles. The zero-order valence-electron chi connectivity index (χ0n) is 12.2. The van der Waals surface area contributed by atoms with Gasteiger partial charge in [0.1, 0.15) is 5.82 Å². The summed E-state index contributed by atoms with van der Waals surface area (Å²) in [4.78, 5) is 6.85. The van der Waals surface area contributed by atoms with Gasteiger partial charge in [-0.1, -0.05) is 31.0 Å². The summed E-state index contributed by atoms with van der Waals surface area (Å²) >= 11 is 0. The van der Waals surface area contributed by atoms with Gasteiger partial charge >= 0.3 is 0 Å². The Kier molecular flexibility index (Phi) is 4.97. The SMILES string of the molecule is C#CCN(CC)c1cc(CNCC)c2ccccc2n1. The van der Waals surface area contributed by atoms with E-state index in [1.54, 1.807) is 0 Å². The zero-order valence-corrected chi connectivity index (χ0v) is 12.2. The van der Waals surface area contributed by atoms with Crippen LogP contribution < -0.4 is 10.2 Å². The van der Waals surface area contributed by atoms with Crippen LogP contribution in [0.2, 0.25) is 0 Å². The van der Waals surface area contributed by atoms with E-state index in [1.807, 2.05) is 6.07 Å². The highest BCUT2D eigenvalue weighted by Crippen LogP contribution is 2.22. The third-order valence-electron chi connectivity index (χ3n) is 3.34. The van der Waals surface area contributed by atoms with Crippen LogP contribution in [0.15, 0.2) is 30.3 Å². The van der Waals surface area contributed by atoms with Crippen LogP contribution in [0.1, 0.15) is 19.4 Å². The fourth-order valence-electron chi connectivity index (χ4n) is 2.26. The van der Waals surface area contributed by atoms with Crippen molar-refractivity contribution in [3.63, 3.8) is 0 Å². The lowest BCUT2D eigenvalue weighted by molar-refractivity contribution is 0.729. The Balaban J connectivity index is 2.48. The Hall–Kier alpha value is -2.05. The van der Waals surface area contributed by atoms with Crippen LogP contribution in [-0.2, 0) is 6.54 Å². The van der Waals surface area contributed by atoms with E-state index in [9.17, 15) is 0 Å². The number of nitrogens with zero attached hydrogens (tertiary/aromatic N) is 2. The van der Waals surface area contributed by atoms with Gasteiger partial charge in [-0.25, -0.2) is 4.98 Å². The molecule has 104 valence electrons. The molecule has 0 aliphatic rings. The number of pyridine rings is 1. The Labute approximate surface area is 121 Å². The van der Waals surface area contributed by atoms with Gasteiger partial charge in [0, 0.05) is 18.5 Å². The maximum atomic E-state index is 5.44. The van der Waals surface area contributed by atoms with E-state index in [1.165, 1.54) is 10.9 Å². The highest BCUT2D eigenvalue weighted by atomic mass is 15.2.